The molecule has 0 aliphatic heterocycles. The van der Waals surface area contributed by atoms with E-state index < -0.39 is 11.8 Å². The summed E-state index contributed by atoms with van der Waals surface area (Å²) in [6.07, 6.45) is 2.08. The summed E-state index contributed by atoms with van der Waals surface area (Å²) in [7, 11) is 1.28. The fourth-order valence-corrected chi connectivity index (χ4v) is 2.47. The average Bonchev–Trinajstić information content (AvgIpc) is 2.60. The number of hydrogen-bond donors (Lipinski definition) is 0. The summed E-state index contributed by atoms with van der Waals surface area (Å²) >= 11 is 0. The Labute approximate surface area is 131 Å². The van der Waals surface area contributed by atoms with Crippen LogP contribution in [0.15, 0.2) is 48.7 Å². The van der Waals surface area contributed by atoms with Crippen LogP contribution in [0, 0.1) is 5.82 Å². The van der Waals surface area contributed by atoms with Crippen molar-refractivity contribution >= 4 is 23.0 Å². The summed E-state index contributed by atoms with van der Waals surface area (Å²) in [5.41, 5.74) is 1.35. The highest BCUT2D eigenvalue weighted by atomic mass is 19.1. The van der Waals surface area contributed by atoms with E-state index in [1.807, 2.05) is 0 Å². The Morgan fingerprint density at radius 2 is 1.96 bits per heavy atom. The number of esters is 1. The second-order valence-corrected chi connectivity index (χ2v) is 4.91. The van der Waals surface area contributed by atoms with Crippen LogP contribution in [0.4, 0.5) is 4.39 Å². The molecule has 1 heterocycles. The van der Waals surface area contributed by atoms with Crippen LogP contribution in [-0.4, -0.2) is 24.3 Å². The standard InChI is InChI=1S/C18H12FNO3/c1-23-18(22)11-6-7-13-12(10-21)9-20-17(15(13)8-11)14-4-2-3-5-16(14)19/h2-10H,1H3. The molecular formula is C18H12FNO3. The minimum atomic E-state index is -0.511. The minimum absolute atomic E-state index is 0.303. The van der Waals surface area contributed by atoms with Crippen molar-refractivity contribution in [2.75, 3.05) is 7.11 Å². The maximum atomic E-state index is 14.1. The molecule has 0 fully saturated rings. The molecule has 0 amide bonds. The number of nitrogens with zero attached hydrogens (tertiary/aromatic N) is 1. The number of aromatic nitrogens is 1. The molecule has 0 saturated heterocycles. The van der Waals surface area contributed by atoms with Gasteiger partial charge in [-0.05, 0) is 29.7 Å². The molecule has 0 bridgehead atoms. The number of carbonyl (C=O) groups excluding carboxylic acids is 2. The summed E-state index contributed by atoms with van der Waals surface area (Å²) in [6, 6.07) is 11.0. The molecule has 0 atom stereocenters. The minimum Gasteiger partial charge on any atom is -0.465 e. The zero-order chi connectivity index (χ0) is 16.4. The lowest BCUT2D eigenvalue weighted by Gasteiger charge is -2.10. The van der Waals surface area contributed by atoms with Crippen LogP contribution in [0.1, 0.15) is 20.7 Å². The summed E-state index contributed by atoms with van der Waals surface area (Å²) in [4.78, 5) is 27.2. The van der Waals surface area contributed by atoms with Crippen molar-refractivity contribution in [2.45, 2.75) is 0 Å². The van der Waals surface area contributed by atoms with Gasteiger partial charge >= 0.3 is 5.97 Å². The molecule has 0 aliphatic rings. The third kappa shape index (κ3) is 2.57. The molecule has 2 aromatic carbocycles. The van der Waals surface area contributed by atoms with Gasteiger partial charge in [0.15, 0.2) is 6.29 Å². The number of ether oxygens (including phenoxy) is 1. The SMILES string of the molecule is COC(=O)c1ccc2c(C=O)cnc(-c3ccccc3F)c2c1. The second-order valence-electron chi connectivity index (χ2n) is 4.91. The highest BCUT2D eigenvalue weighted by Crippen LogP contribution is 2.30. The Kier molecular flexibility index (Phi) is 3.85. The van der Waals surface area contributed by atoms with Crippen molar-refractivity contribution in [3.63, 3.8) is 0 Å². The number of hydrogen-bond acceptors (Lipinski definition) is 4. The van der Waals surface area contributed by atoms with Crippen molar-refractivity contribution in [3.05, 3.63) is 65.6 Å². The van der Waals surface area contributed by atoms with Gasteiger partial charge in [-0.2, -0.15) is 0 Å². The third-order valence-corrected chi connectivity index (χ3v) is 3.60. The largest absolute Gasteiger partial charge is 0.465 e. The van der Waals surface area contributed by atoms with Gasteiger partial charge in [0.25, 0.3) is 0 Å². The lowest BCUT2D eigenvalue weighted by atomic mass is 9.99. The van der Waals surface area contributed by atoms with E-state index in [2.05, 4.69) is 4.98 Å². The van der Waals surface area contributed by atoms with Gasteiger partial charge in [-0.25, -0.2) is 9.18 Å². The number of pyridine rings is 1. The van der Waals surface area contributed by atoms with E-state index >= 15 is 0 Å². The van der Waals surface area contributed by atoms with Gasteiger partial charge < -0.3 is 4.74 Å². The van der Waals surface area contributed by atoms with E-state index in [1.54, 1.807) is 36.4 Å². The number of benzene rings is 2. The molecule has 4 nitrogen and oxygen atoms in total. The van der Waals surface area contributed by atoms with E-state index in [4.69, 9.17) is 4.74 Å². The Morgan fingerprint density at radius 1 is 1.17 bits per heavy atom. The Bertz CT molecular complexity index is 921. The average molecular weight is 309 g/mol. The topological polar surface area (TPSA) is 56.3 Å². The van der Waals surface area contributed by atoms with Gasteiger partial charge in [-0.3, -0.25) is 9.78 Å². The van der Waals surface area contributed by atoms with E-state index in [1.165, 1.54) is 19.4 Å². The molecular weight excluding hydrogens is 297 g/mol. The first-order chi connectivity index (χ1) is 11.2. The zero-order valence-corrected chi connectivity index (χ0v) is 12.2. The normalized spacial score (nSPS) is 10.5. The summed E-state index contributed by atoms with van der Waals surface area (Å²) in [6.45, 7) is 0. The van der Waals surface area contributed by atoms with Crippen molar-refractivity contribution in [1.82, 2.24) is 4.98 Å². The van der Waals surface area contributed by atoms with Crippen LogP contribution >= 0.6 is 0 Å². The van der Waals surface area contributed by atoms with Crippen molar-refractivity contribution in [1.29, 1.82) is 0 Å². The Balaban J connectivity index is 2.36. The van der Waals surface area contributed by atoms with Gasteiger partial charge in [0.2, 0.25) is 0 Å². The second kappa shape index (κ2) is 5.96. The number of carbonyl (C=O) groups is 2. The van der Waals surface area contributed by atoms with E-state index in [9.17, 15) is 14.0 Å². The van der Waals surface area contributed by atoms with Gasteiger partial charge in [-0.1, -0.05) is 18.2 Å². The quantitative estimate of drug-likeness (QED) is 0.547. The molecule has 0 aliphatic carbocycles. The third-order valence-electron chi connectivity index (χ3n) is 3.60. The molecule has 114 valence electrons. The number of aldehydes is 1. The number of methoxy groups -OCH3 is 1. The van der Waals surface area contributed by atoms with E-state index in [-0.39, 0.29) is 0 Å². The maximum Gasteiger partial charge on any atom is 0.337 e. The monoisotopic (exact) mass is 309 g/mol. The van der Waals surface area contributed by atoms with Crippen molar-refractivity contribution < 1.29 is 18.7 Å². The molecule has 0 radical (unpaired) electrons. The molecule has 3 aromatic rings. The first kappa shape index (κ1) is 14.8. The maximum absolute atomic E-state index is 14.1. The number of fused-ring (bicyclic) bond motifs is 1. The zero-order valence-electron chi connectivity index (χ0n) is 12.2. The molecule has 0 N–H and O–H groups in total. The number of rotatable bonds is 3. The summed E-state index contributed by atoms with van der Waals surface area (Å²) < 4.78 is 18.8. The molecule has 3 rings (SSSR count). The fraction of sp³-hybridized carbons (Fsp3) is 0.0556. The highest BCUT2D eigenvalue weighted by Gasteiger charge is 2.15. The first-order valence-corrected chi connectivity index (χ1v) is 6.87. The van der Waals surface area contributed by atoms with Crippen LogP contribution in [-0.2, 0) is 4.74 Å². The molecule has 1 aromatic heterocycles. The predicted octanol–water partition coefficient (Wildman–Crippen LogP) is 3.64. The van der Waals surface area contributed by atoms with Crippen LogP contribution in [0.3, 0.4) is 0 Å². The first-order valence-electron chi connectivity index (χ1n) is 6.87. The van der Waals surface area contributed by atoms with Gasteiger partial charge in [0, 0.05) is 22.7 Å². The molecule has 0 spiro atoms. The fourth-order valence-electron chi connectivity index (χ4n) is 2.47. The molecule has 23 heavy (non-hydrogen) atoms. The smallest absolute Gasteiger partial charge is 0.337 e. The van der Waals surface area contributed by atoms with Crippen molar-refractivity contribution in [2.24, 2.45) is 0 Å². The number of halogens is 1. The molecule has 0 saturated carbocycles. The predicted molar refractivity (Wildman–Crippen MR) is 83.9 cm³/mol. The lowest BCUT2D eigenvalue weighted by Crippen LogP contribution is -2.02. The van der Waals surface area contributed by atoms with Crippen molar-refractivity contribution in [3.8, 4) is 11.3 Å². The van der Waals surface area contributed by atoms with Crippen LogP contribution in [0.5, 0.6) is 0 Å². The van der Waals surface area contributed by atoms with E-state index in [0.717, 1.165) is 0 Å². The van der Waals surface area contributed by atoms with Gasteiger partial charge in [0.1, 0.15) is 5.82 Å². The Hall–Kier alpha value is -3.08. The van der Waals surface area contributed by atoms with E-state index in [0.29, 0.717) is 39.4 Å². The summed E-state index contributed by atoms with van der Waals surface area (Å²) in [5.74, 6) is -0.938. The summed E-state index contributed by atoms with van der Waals surface area (Å²) in [5, 5.41) is 1.11. The molecule has 0 unspecified atom stereocenters. The van der Waals surface area contributed by atoms with Crippen LogP contribution in [0.2, 0.25) is 0 Å². The molecule has 5 heteroatoms. The Morgan fingerprint density at radius 3 is 2.65 bits per heavy atom. The van der Waals surface area contributed by atoms with Crippen LogP contribution < -0.4 is 0 Å². The van der Waals surface area contributed by atoms with Gasteiger partial charge in [0.05, 0.1) is 18.4 Å². The van der Waals surface area contributed by atoms with Crippen LogP contribution in [0.25, 0.3) is 22.0 Å². The van der Waals surface area contributed by atoms with Gasteiger partial charge in [-0.15, -0.1) is 0 Å². The lowest BCUT2D eigenvalue weighted by molar-refractivity contribution is 0.0601. The highest BCUT2D eigenvalue weighted by molar-refractivity contribution is 6.06.